The molecule has 2 aliphatic rings. The first-order valence-corrected chi connectivity index (χ1v) is 9.92. The lowest BCUT2D eigenvalue weighted by molar-refractivity contribution is 0.0593. The summed E-state index contributed by atoms with van der Waals surface area (Å²) in [5.41, 5.74) is 3.82. The van der Waals surface area contributed by atoms with Crippen molar-refractivity contribution in [2.45, 2.75) is 58.0 Å². The van der Waals surface area contributed by atoms with Gasteiger partial charge < -0.3 is 9.80 Å². The van der Waals surface area contributed by atoms with Gasteiger partial charge in [0.2, 0.25) is 0 Å². The molecule has 1 unspecified atom stereocenters. The summed E-state index contributed by atoms with van der Waals surface area (Å²) in [6, 6.07) is 1.82. The van der Waals surface area contributed by atoms with E-state index in [1.54, 1.807) is 0 Å². The van der Waals surface area contributed by atoms with Crippen LogP contribution in [0, 0.1) is 0 Å². The Morgan fingerprint density at radius 2 is 2.15 bits per heavy atom. The number of hydrogen-bond acceptors (Lipinski definition) is 5. The van der Waals surface area contributed by atoms with Crippen molar-refractivity contribution in [3.63, 3.8) is 0 Å². The average Bonchev–Trinajstić information content (AvgIpc) is 3.17. The molecule has 0 aliphatic carbocycles. The number of rotatable bonds is 3. The van der Waals surface area contributed by atoms with E-state index < -0.39 is 0 Å². The van der Waals surface area contributed by atoms with Gasteiger partial charge in [-0.2, -0.15) is 5.10 Å². The van der Waals surface area contributed by atoms with E-state index in [0.29, 0.717) is 11.6 Å². The first-order chi connectivity index (χ1) is 13.0. The van der Waals surface area contributed by atoms with Crippen LogP contribution in [-0.2, 0) is 13.0 Å². The van der Waals surface area contributed by atoms with Gasteiger partial charge in [-0.15, -0.1) is 0 Å². The predicted molar refractivity (Wildman–Crippen MR) is 102 cm³/mol. The molecule has 27 heavy (non-hydrogen) atoms. The number of carbonyl (C=O) groups excluding carboxylic acids is 1. The average molecular weight is 368 g/mol. The van der Waals surface area contributed by atoms with Crippen LogP contribution >= 0.6 is 0 Å². The first kappa shape index (κ1) is 18.1. The molecule has 0 radical (unpaired) electrons. The minimum Gasteiger partial charge on any atom is -0.327 e. The number of nitrogens with one attached hydrogen (secondary N) is 1. The molecule has 2 aromatic heterocycles. The first-order valence-electron chi connectivity index (χ1n) is 9.92. The summed E-state index contributed by atoms with van der Waals surface area (Å²) >= 11 is 0. The Kier molecular flexibility index (Phi) is 4.95. The lowest BCUT2D eigenvalue weighted by Crippen LogP contribution is -2.40. The van der Waals surface area contributed by atoms with Crippen LogP contribution in [0.2, 0.25) is 0 Å². The molecule has 0 spiro atoms. The monoisotopic (exact) mass is 368 g/mol. The number of hydrogen-bond donors (Lipinski definition) is 1. The minimum atomic E-state index is -0.0598. The SMILES string of the molecule is CC(C)c1cc(C(=O)N2CCCCC2c2ncc3c(n2)CCN(C)C3)n[nH]1. The van der Waals surface area contributed by atoms with Gasteiger partial charge in [0.1, 0.15) is 5.69 Å². The van der Waals surface area contributed by atoms with E-state index in [0.717, 1.165) is 62.5 Å². The molecular formula is C20H28N6O. The Morgan fingerprint density at radius 1 is 1.30 bits per heavy atom. The Labute approximate surface area is 160 Å². The number of nitrogens with zero attached hydrogens (tertiary/aromatic N) is 5. The number of aromatic amines is 1. The van der Waals surface area contributed by atoms with Gasteiger partial charge in [-0.25, -0.2) is 9.97 Å². The van der Waals surface area contributed by atoms with Gasteiger partial charge in [-0.05, 0) is 38.3 Å². The molecule has 2 aliphatic heterocycles. The topological polar surface area (TPSA) is 78.0 Å². The van der Waals surface area contributed by atoms with Crippen molar-refractivity contribution in [3.05, 3.63) is 40.7 Å². The number of piperidine rings is 1. The molecular weight excluding hydrogens is 340 g/mol. The second kappa shape index (κ2) is 7.38. The van der Waals surface area contributed by atoms with Crippen molar-refractivity contribution in [3.8, 4) is 0 Å². The highest BCUT2D eigenvalue weighted by atomic mass is 16.2. The number of fused-ring (bicyclic) bond motifs is 1. The predicted octanol–water partition coefficient (Wildman–Crippen LogP) is 2.68. The van der Waals surface area contributed by atoms with Gasteiger partial charge in [-0.1, -0.05) is 13.8 Å². The summed E-state index contributed by atoms with van der Waals surface area (Å²) in [5.74, 6) is 1.08. The van der Waals surface area contributed by atoms with Crippen LogP contribution in [0.15, 0.2) is 12.3 Å². The smallest absolute Gasteiger partial charge is 0.274 e. The molecule has 144 valence electrons. The van der Waals surface area contributed by atoms with Gasteiger partial charge in [-0.3, -0.25) is 9.89 Å². The Balaban J connectivity index is 1.60. The molecule has 0 aromatic carbocycles. The molecule has 7 heteroatoms. The van der Waals surface area contributed by atoms with Crippen LogP contribution in [0.5, 0.6) is 0 Å². The molecule has 1 saturated heterocycles. The summed E-state index contributed by atoms with van der Waals surface area (Å²) in [6.45, 7) is 6.82. The highest BCUT2D eigenvalue weighted by Gasteiger charge is 2.32. The summed E-state index contributed by atoms with van der Waals surface area (Å²) < 4.78 is 0. The Morgan fingerprint density at radius 3 is 2.93 bits per heavy atom. The highest BCUT2D eigenvalue weighted by molar-refractivity contribution is 5.92. The summed E-state index contributed by atoms with van der Waals surface area (Å²) in [4.78, 5) is 26.9. The van der Waals surface area contributed by atoms with Crippen molar-refractivity contribution < 1.29 is 4.79 Å². The number of likely N-dealkylation sites (tertiary alicyclic amines) is 1. The molecule has 4 heterocycles. The number of amides is 1. The fraction of sp³-hybridized carbons (Fsp3) is 0.600. The zero-order valence-corrected chi connectivity index (χ0v) is 16.4. The van der Waals surface area contributed by atoms with Crippen molar-refractivity contribution in [2.24, 2.45) is 0 Å². The van der Waals surface area contributed by atoms with Gasteiger partial charge in [0.25, 0.3) is 5.91 Å². The second-order valence-electron chi connectivity index (χ2n) is 8.06. The van der Waals surface area contributed by atoms with Gasteiger partial charge in [0.05, 0.1) is 6.04 Å². The summed E-state index contributed by atoms with van der Waals surface area (Å²) in [7, 11) is 2.12. The fourth-order valence-corrected chi connectivity index (χ4v) is 3.97. The summed E-state index contributed by atoms with van der Waals surface area (Å²) in [6.07, 6.45) is 5.91. The van der Waals surface area contributed by atoms with Crippen LogP contribution in [0.25, 0.3) is 0 Å². The van der Waals surface area contributed by atoms with Crippen LogP contribution < -0.4 is 0 Å². The minimum absolute atomic E-state index is 0.0242. The van der Waals surface area contributed by atoms with E-state index in [1.807, 2.05) is 17.2 Å². The van der Waals surface area contributed by atoms with E-state index in [-0.39, 0.29) is 11.9 Å². The van der Waals surface area contributed by atoms with Crippen molar-refractivity contribution in [1.29, 1.82) is 0 Å². The maximum Gasteiger partial charge on any atom is 0.274 e. The van der Waals surface area contributed by atoms with E-state index >= 15 is 0 Å². The van der Waals surface area contributed by atoms with Crippen LogP contribution in [0.1, 0.15) is 78.3 Å². The summed E-state index contributed by atoms with van der Waals surface area (Å²) in [5, 5.41) is 7.25. The normalized spacial score (nSPS) is 20.7. The second-order valence-corrected chi connectivity index (χ2v) is 8.06. The molecule has 7 nitrogen and oxygen atoms in total. The number of aromatic nitrogens is 4. The van der Waals surface area contributed by atoms with Gasteiger partial charge in [0.15, 0.2) is 5.82 Å². The maximum atomic E-state index is 13.1. The van der Waals surface area contributed by atoms with Crippen LogP contribution in [0.4, 0.5) is 0 Å². The third kappa shape index (κ3) is 3.60. The molecule has 1 N–H and O–H groups in total. The Bertz CT molecular complexity index is 830. The van der Waals surface area contributed by atoms with Gasteiger partial charge in [0, 0.05) is 49.2 Å². The van der Waals surface area contributed by atoms with Crippen LogP contribution in [0.3, 0.4) is 0 Å². The van der Waals surface area contributed by atoms with E-state index in [2.05, 4.69) is 41.0 Å². The van der Waals surface area contributed by atoms with Crippen molar-refractivity contribution in [1.82, 2.24) is 30.0 Å². The van der Waals surface area contributed by atoms with E-state index in [9.17, 15) is 4.79 Å². The zero-order valence-electron chi connectivity index (χ0n) is 16.4. The molecule has 1 fully saturated rings. The lowest BCUT2D eigenvalue weighted by Gasteiger charge is -2.35. The van der Waals surface area contributed by atoms with Crippen molar-refractivity contribution >= 4 is 5.91 Å². The third-order valence-electron chi connectivity index (χ3n) is 5.64. The van der Waals surface area contributed by atoms with Crippen LogP contribution in [-0.4, -0.2) is 56.0 Å². The molecule has 4 rings (SSSR count). The molecule has 0 bridgehead atoms. The fourth-order valence-electron chi connectivity index (χ4n) is 3.97. The zero-order chi connectivity index (χ0) is 19.0. The Hall–Kier alpha value is -2.28. The molecule has 2 aromatic rings. The molecule has 0 saturated carbocycles. The number of likely N-dealkylation sites (N-methyl/N-ethyl adjacent to an activating group) is 1. The van der Waals surface area contributed by atoms with E-state index in [1.165, 1.54) is 5.56 Å². The number of H-pyrrole nitrogens is 1. The maximum absolute atomic E-state index is 13.1. The van der Waals surface area contributed by atoms with Gasteiger partial charge >= 0.3 is 0 Å². The standard InChI is InChI=1S/C20H28N6O/c1-13(2)16-10-17(24-23-16)20(27)26-8-5-4-6-18(26)19-21-11-14-12-25(3)9-7-15(14)22-19/h10-11,13,18H,4-9,12H2,1-3H3,(H,23,24). The molecule has 1 atom stereocenters. The largest absolute Gasteiger partial charge is 0.327 e. The lowest BCUT2D eigenvalue weighted by atomic mass is 9.99. The number of carbonyl (C=O) groups is 1. The quantitative estimate of drug-likeness (QED) is 0.901. The molecule has 1 amide bonds. The van der Waals surface area contributed by atoms with Crippen molar-refractivity contribution in [2.75, 3.05) is 20.1 Å². The third-order valence-corrected chi connectivity index (χ3v) is 5.64. The van der Waals surface area contributed by atoms with E-state index in [4.69, 9.17) is 4.98 Å². The highest BCUT2D eigenvalue weighted by Crippen LogP contribution is 2.31.